The van der Waals surface area contributed by atoms with Crippen molar-refractivity contribution in [1.82, 2.24) is 15.6 Å². The van der Waals surface area contributed by atoms with Crippen LogP contribution in [-0.4, -0.2) is 35.9 Å². The van der Waals surface area contributed by atoms with Gasteiger partial charge in [0.25, 0.3) is 0 Å². The Hall–Kier alpha value is -2.37. The maximum absolute atomic E-state index is 6.76. The van der Waals surface area contributed by atoms with E-state index in [-0.39, 0.29) is 17.1 Å². The van der Waals surface area contributed by atoms with Crippen LogP contribution in [0.25, 0.3) is 0 Å². The number of nitrogens with zero attached hydrogens (tertiary/aromatic N) is 2. The number of dihydropyridines is 1. The zero-order chi connectivity index (χ0) is 20.9. The highest BCUT2D eigenvalue weighted by Crippen LogP contribution is 2.51. The smallest absolute Gasteiger partial charge is 0.107 e. The highest BCUT2D eigenvalue weighted by atomic mass is 15.3. The van der Waals surface area contributed by atoms with Gasteiger partial charge in [-0.25, -0.2) is 0 Å². The first-order valence-corrected chi connectivity index (χ1v) is 11.2. The van der Waals surface area contributed by atoms with E-state index in [4.69, 9.17) is 5.73 Å². The summed E-state index contributed by atoms with van der Waals surface area (Å²) in [4.78, 5) is 2.57. The number of rotatable bonds is 3. The molecule has 1 aliphatic carbocycles. The van der Waals surface area contributed by atoms with Crippen LogP contribution < -0.4 is 16.5 Å². The van der Waals surface area contributed by atoms with Gasteiger partial charge in [0.2, 0.25) is 0 Å². The van der Waals surface area contributed by atoms with Gasteiger partial charge in [-0.2, -0.15) is 5.10 Å². The lowest BCUT2D eigenvalue weighted by molar-refractivity contribution is 0.0279. The Morgan fingerprint density at radius 1 is 1.27 bits per heavy atom. The summed E-state index contributed by atoms with van der Waals surface area (Å²) in [6.07, 6.45) is 8.87. The fourth-order valence-electron chi connectivity index (χ4n) is 5.85. The molecular formula is C25H33N5. The monoisotopic (exact) mass is 403 g/mol. The van der Waals surface area contributed by atoms with E-state index in [1.165, 1.54) is 16.8 Å². The van der Waals surface area contributed by atoms with E-state index in [9.17, 15) is 0 Å². The first kappa shape index (κ1) is 19.6. The lowest BCUT2D eigenvalue weighted by atomic mass is 9.72. The normalized spacial score (nSPS) is 30.1. The number of nitrogens with one attached hydrogen (secondary N) is 2. The molecular weight excluding hydrogens is 370 g/mol. The first-order valence-electron chi connectivity index (χ1n) is 11.2. The maximum Gasteiger partial charge on any atom is 0.107 e. The summed E-state index contributed by atoms with van der Waals surface area (Å²) in [5.74, 6) is 0. The Morgan fingerprint density at radius 3 is 2.70 bits per heavy atom. The summed E-state index contributed by atoms with van der Waals surface area (Å²) >= 11 is 0. The third kappa shape index (κ3) is 3.03. The van der Waals surface area contributed by atoms with Crippen molar-refractivity contribution in [3.05, 3.63) is 71.0 Å². The minimum absolute atomic E-state index is 0.163. The van der Waals surface area contributed by atoms with E-state index in [0.29, 0.717) is 0 Å². The molecule has 5 nitrogen and oxygen atoms in total. The molecule has 0 bridgehead atoms. The SMILES string of the molecule is C=C(C1=NNCC1)C1=C(C)N[C@@](C)(N2CCC3(CC2)Cc2ccccc2C3N)C=C1. The van der Waals surface area contributed by atoms with Crippen molar-refractivity contribution in [3.8, 4) is 0 Å². The quantitative estimate of drug-likeness (QED) is 0.724. The van der Waals surface area contributed by atoms with Crippen LogP contribution in [0.15, 0.2) is 64.9 Å². The van der Waals surface area contributed by atoms with Gasteiger partial charge in [-0.15, -0.1) is 0 Å². The fourth-order valence-corrected chi connectivity index (χ4v) is 5.85. The zero-order valence-corrected chi connectivity index (χ0v) is 18.2. The van der Waals surface area contributed by atoms with Crippen molar-refractivity contribution < 1.29 is 0 Å². The van der Waals surface area contributed by atoms with E-state index in [1.807, 2.05) is 0 Å². The number of allylic oxidation sites excluding steroid dienone is 4. The zero-order valence-electron chi connectivity index (χ0n) is 18.2. The topological polar surface area (TPSA) is 65.7 Å². The van der Waals surface area contributed by atoms with E-state index in [0.717, 1.165) is 62.2 Å². The van der Waals surface area contributed by atoms with Crippen LogP contribution in [0.5, 0.6) is 0 Å². The molecule has 30 heavy (non-hydrogen) atoms. The summed E-state index contributed by atoms with van der Waals surface area (Å²) in [5, 5.41) is 8.16. The third-order valence-corrected chi connectivity index (χ3v) is 7.79. The molecule has 1 saturated heterocycles. The number of piperidine rings is 1. The minimum atomic E-state index is -0.180. The molecule has 2 atom stereocenters. The number of benzene rings is 1. The second kappa shape index (κ2) is 7.10. The standard InChI is InChI=1S/C25H33N5/c1-17(22-9-13-27-29-22)20-8-10-24(3,28-18(20)2)30-14-11-25(12-15-30)16-19-6-4-5-7-21(19)23(25)26/h4-8,10,23,27-28H,1,9,11-16,26H2,2-3H3/t23?,24-/m0/s1. The summed E-state index contributed by atoms with van der Waals surface area (Å²) in [6.45, 7) is 11.7. The Bertz CT molecular complexity index is 964. The van der Waals surface area contributed by atoms with Gasteiger partial charge in [-0.05, 0) is 61.3 Å². The molecule has 3 heterocycles. The highest BCUT2D eigenvalue weighted by Gasteiger charge is 2.48. The lowest BCUT2D eigenvalue weighted by Gasteiger charge is -2.49. The van der Waals surface area contributed by atoms with Crippen molar-refractivity contribution in [3.63, 3.8) is 0 Å². The summed E-state index contributed by atoms with van der Waals surface area (Å²) in [5.41, 5.74) is 17.1. The average Bonchev–Trinajstić information content (AvgIpc) is 3.36. The van der Waals surface area contributed by atoms with Gasteiger partial charge in [0.05, 0.1) is 5.71 Å². The Labute approximate surface area is 179 Å². The van der Waals surface area contributed by atoms with Crippen LogP contribution in [0.3, 0.4) is 0 Å². The largest absolute Gasteiger partial charge is 0.367 e. The molecule has 1 aromatic rings. The maximum atomic E-state index is 6.76. The van der Waals surface area contributed by atoms with Gasteiger partial charge in [0.15, 0.2) is 0 Å². The van der Waals surface area contributed by atoms with E-state index in [2.05, 4.69) is 77.6 Å². The molecule has 4 N–H and O–H groups in total. The van der Waals surface area contributed by atoms with Gasteiger partial charge in [0, 0.05) is 43.4 Å². The molecule has 1 fully saturated rings. The molecule has 5 heteroatoms. The second-order valence-electron chi connectivity index (χ2n) is 9.54. The molecule has 1 spiro atoms. The number of fused-ring (bicyclic) bond motifs is 1. The van der Waals surface area contributed by atoms with Crippen molar-refractivity contribution in [2.24, 2.45) is 16.3 Å². The van der Waals surface area contributed by atoms with Crippen LogP contribution in [-0.2, 0) is 6.42 Å². The molecule has 158 valence electrons. The summed E-state index contributed by atoms with van der Waals surface area (Å²) in [6, 6.07) is 8.91. The van der Waals surface area contributed by atoms with Crippen LogP contribution >= 0.6 is 0 Å². The van der Waals surface area contributed by atoms with Crippen molar-refractivity contribution in [2.45, 2.75) is 51.2 Å². The molecule has 0 amide bonds. The lowest BCUT2D eigenvalue weighted by Crippen LogP contribution is -2.59. The summed E-state index contributed by atoms with van der Waals surface area (Å²) in [7, 11) is 0. The number of hydrazone groups is 1. The van der Waals surface area contributed by atoms with Gasteiger partial charge < -0.3 is 16.5 Å². The van der Waals surface area contributed by atoms with E-state index in [1.54, 1.807) is 0 Å². The van der Waals surface area contributed by atoms with E-state index < -0.39 is 0 Å². The van der Waals surface area contributed by atoms with Crippen LogP contribution in [0.2, 0.25) is 0 Å². The Morgan fingerprint density at radius 2 is 2.03 bits per heavy atom. The highest BCUT2D eigenvalue weighted by molar-refractivity contribution is 6.04. The molecule has 1 unspecified atom stereocenters. The van der Waals surface area contributed by atoms with Crippen LogP contribution in [0.4, 0.5) is 0 Å². The Balaban J connectivity index is 1.28. The van der Waals surface area contributed by atoms with Crippen LogP contribution in [0, 0.1) is 5.41 Å². The van der Waals surface area contributed by atoms with Crippen LogP contribution in [0.1, 0.15) is 50.3 Å². The van der Waals surface area contributed by atoms with Crippen molar-refractivity contribution in [1.29, 1.82) is 0 Å². The van der Waals surface area contributed by atoms with Crippen molar-refractivity contribution in [2.75, 3.05) is 19.6 Å². The number of hydrogen-bond donors (Lipinski definition) is 3. The number of nitrogens with two attached hydrogens (primary N) is 1. The van der Waals surface area contributed by atoms with Gasteiger partial charge in [0.1, 0.15) is 5.66 Å². The third-order valence-electron chi connectivity index (χ3n) is 7.79. The van der Waals surface area contributed by atoms with E-state index >= 15 is 0 Å². The number of hydrogen-bond acceptors (Lipinski definition) is 5. The fraction of sp³-hybridized carbons (Fsp3) is 0.480. The molecule has 1 aromatic carbocycles. The molecule has 5 rings (SSSR count). The minimum Gasteiger partial charge on any atom is -0.367 e. The molecule has 0 radical (unpaired) electrons. The Kier molecular flexibility index (Phi) is 4.64. The second-order valence-corrected chi connectivity index (χ2v) is 9.54. The van der Waals surface area contributed by atoms with Gasteiger partial charge in [-0.1, -0.05) is 36.9 Å². The van der Waals surface area contributed by atoms with Gasteiger partial charge >= 0.3 is 0 Å². The molecule has 3 aliphatic heterocycles. The predicted octanol–water partition coefficient (Wildman–Crippen LogP) is 3.38. The van der Waals surface area contributed by atoms with Gasteiger partial charge in [-0.3, -0.25) is 4.90 Å². The van der Waals surface area contributed by atoms with Crippen molar-refractivity contribution >= 4 is 5.71 Å². The average molecular weight is 404 g/mol. The molecule has 4 aliphatic rings. The number of likely N-dealkylation sites (tertiary alicyclic amines) is 1. The molecule has 0 saturated carbocycles. The summed E-state index contributed by atoms with van der Waals surface area (Å²) < 4.78 is 0. The first-order chi connectivity index (χ1) is 14.4. The molecule has 0 aromatic heterocycles. The predicted molar refractivity (Wildman–Crippen MR) is 123 cm³/mol.